The topological polar surface area (TPSA) is 74.0 Å². The highest BCUT2D eigenvalue weighted by Gasteiger charge is 2.57. The molecular formula is C27H28FN5O2. The maximum atomic E-state index is 15.5. The van der Waals surface area contributed by atoms with Crippen LogP contribution in [0.3, 0.4) is 0 Å². The molecule has 0 radical (unpaired) electrons. The zero-order chi connectivity index (χ0) is 23.9. The van der Waals surface area contributed by atoms with E-state index in [9.17, 15) is 9.90 Å². The Morgan fingerprint density at radius 2 is 1.89 bits per heavy atom. The van der Waals surface area contributed by atoms with Gasteiger partial charge in [0, 0.05) is 50.1 Å². The van der Waals surface area contributed by atoms with E-state index in [1.807, 2.05) is 47.3 Å². The van der Waals surface area contributed by atoms with Gasteiger partial charge < -0.3 is 14.9 Å². The van der Waals surface area contributed by atoms with Crippen molar-refractivity contribution in [3.8, 4) is 11.1 Å². The minimum absolute atomic E-state index is 0.228. The number of aryl methyl sites for hydroxylation is 1. The SMILES string of the molecule is Cn1cc2ccc(-c3ccc(C4=NC5(CC5)C(O)N4CC4CN(C(=O)C5CC5)C4)c(F)c3)cc2n1. The number of rotatable bonds is 5. The van der Waals surface area contributed by atoms with Gasteiger partial charge in [0.25, 0.3) is 0 Å². The van der Waals surface area contributed by atoms with E-state index in [1.54, 1.807) is 16.8 Å². The van der Waals surface area contributed by atoms with E-state index < -0.39 is 11.8 Å². The Morgan fingerprint density at radius 1 is 1.14 bits per heavy atom. The molecule has 2 saturated carbocycles. The third-order valence-electron chi connectivity index (χ3n) is 7.95. The van der Waals surface area contributed by atoms with Gasteiger partial charge in [0.05, 0.1) is 11.1 Å². The first-order chi connectivity index (χ1) is 16.9. The van der Waals surface area contributed by atoms with Crippen LogP contribution in [0.4, 0.5) is 4.39 Å². The number of benzene rings is 2. The number of hydrogen-bond acceptors (Lipinski definition) is 5. The van der Waals surface area contributed by atoms with Gasteiger partial charge in [0.15, 0.2) is 6.23 Å². The number of carbonyl (C=O) groups is 1. The lowest BCUT2D eigenvalue weighted by molar-refractivity contribution is -0.139. The van der Waals surface area contributed by atoms with Gasteiger partial charge in [-0.2, -0.15) is 5.10 Å². The van der Waals surface area contributed by atoms with Crippen LogP contribution in [0.1, 0.15) is 31.2 Å². The number of aliphatic hydroxyl groups is 1. The molecule has 180 valence electrons. The van der Waals surface area contributed by atoms with Crippen molar-refractivity contribution in [1.29, 1.82) is 0 Å². The Morgan fingerprint density at radius 3 is 2.60 bits per heavy atom. The Labute approximate surface area is 202 Å². The summed E-state index contributed by atoms with van der Waals surface area (Å²) in [5, 5.41) is 16.6. The van der Waals surface area contributed by atoms with Crippen molar-refractivity contribution in [2.75, 3.05) is 19.6 Å². The average molecular weight is 474 g/mol. The molecule has 3 fully saturated rings. The van der Waals surface area contributed by atoms with Crippen LogP contribution in [-0.2, 0) is 11.8 Å². The van der Waals surface area contributed by atoms with Crippen molar-refractivity contribution < 1.29 is 14.3 Å². The molecule has 3 aromatic rings. The number of fused-ring (bicyclic) bond motifs is 1. The number of likely N-dealkylation sites (tertiary alicyclic amines) is 1. The summed E-state index contributed by atoms with van der Waals surface area (Å²) in [5.74, 6) is 0.939. The fraction of sp³-hybridized carbons (Fsp3) is 0.444. The van der Waals surface area contributed by atoms with E-state index in [1.165, 1.54) is 0 Å². The Kier molecular flexibility index (Phi) is 4.43. The maximum absolute atomic E-state index is 15.5. The van der Waals surface area contributed by atoms with Gasteiger partial charge in [0.2, 0.25) is 5.91 Å². The summed E-state index contributed by atoms with van der Waals surface area (Å²) >= 11 is 0. The molecule has 3 heterocycles. The molecule has 1 saturated heterocycles. The summed E-state index contributed by atoms with van der Waals surface area (Å²) < 4.78 is 17.3. The number of aliphatic hydroxyl groups excluding tert-OH is 1. The highest BCUT2D eigenvalue weighted by Crippen LogP contribution is 2.49. The lowest BCUT2D eigenvalue weighted by atomic mass is 9.97. The van der Waals surface area contributed by atoms with Crippen molar-refractivity contribution in [3.05, 3.63) is 54.0 Å². The summed E-state index contributed by atoms with van der Waals surface area (Å²) in [5.41, 5.74) is 2.46. The first kappa shape index (κ1) is 21.1. The third-order valence-corrected chi connectivity index (χ3v) is 7.95. The molecule has 1 amide bonds. The number of aromatic nitrogens is 2. The van der Waals surface area contributed by atoms with Crippen LogP contribution >= 0.6 is 0 Å². The van der Waals surface area contributed by atoms with Crippen LogP contribution < -0.4 is 0 Å². The zero-order valence-corrected chi connectivity index (χ0v) is 19.7. The summed E-state index contributed by atoms with van der Waals surface area (Å²) in [6.07, 6.45) is 4.86. The largest absolute Gasteiger partial charge is 0.371 e. The van der Waals surface area contributed by atoms with Crippen LogP contribution in [0.5, 0.6) is 0 Å². The summed E-state index contributed by atoms with van der Waals surface area (Å²) in [6.45, 7) is 1.99. The molecule has 4 aliphatic rings. The quantitative estimate of drug-likeness (QED) is 0.618. The molecule has 2 aliphatic heterocycles. The molecule has 1 N–H and O–H groups in total. The molecule has 7 rings (SSSR count). The van der Waals surface area contributed by atoms with E-state index in [4.69, 9.17) is 4.99 Å². The van der Waals surface area contributed by atoms with Crippen LogP contribution in [-0.4, -0.2) is 67.8 Å². The molecule has 35 heavy (non-hydrogen) atoms. The van der Waals surface area contributed by atoms with Gasteiger partial charge in [-0.1, -0.05) is 18.2 Å². The molecule has 2 aromatic carbocycles. The molecular weight excluding hydrogens is 445 g/mol. The normalized spacial score (nSPS) is 23.2. The first-order valence-corrected chi connectivity index (χ1v) is 12.5. The third kappa shape index (κ3) is 3.45. The van der Waals surface area contributed by atoms with E-state index in [0.717, 1.165) is 47.7 Å². The molecule has 1 atom stereocenters. The van der Waals surface area contributed by atoms with E-state index in [-0.39, 0.29) is 23.6 Å². The number of halogens is 1. The van der Waals surface area contributed by atoms with Crippen LogP contribution in [0.2, 0.25) is 0 Å². The molecule has 7 nitrogen and oxygen atoms in total. The highest BCUT2D eigenvalue weighted by molar-refractivity contribution is 6.01. The molecule has 8 heteroatoms. The van der Waals surface area contributed by atoms with Crippen molar-refractivity contribution >= 4 is 22.6 Å². The standard InChI is InChI=1S/C27H28FN5O2/c1-31-15-20-5-4-19(11-23(20)30-31)18-6-7-21(22(28)10-18)24-29-27(8-9-27)26(35)33(24)14-16-12-32(13-16)25(34)17-2-3-17/h4-7,10-11,15-17,26,35H,2-3,8-9,12-14H2,1H3. The van der Waals surface area contributed by atoms with E-state index in [0.29, 0.717) is 31.0 Å². The minimum Gasteiger partial charge on any atom is -0.371 e. The Balaban J connectivity index is 1.14. The van der Waals surface area contributed by atoms with Crippen LogP contribution in [0, 0.1) is 17.7 Å². The van der Waals surface area contributed by atoms with E-state index >= 15 is 4.39 Å². The van der Waals surface area contributed by atoms with Gasteiger partial charge in [-0.3, -0.25) is 14.5 Å². The Bertz CT molecular complexity index is 1380. The molecule has 0 bridgehead atoms. The average Bonchev–Trinajstić information content (AvgIpc) is 3.72. The van der Waals surface area contributed by atoms with Gasteiger partial charge in [-0.25, -0.2) is 4.39 Å². The van der Waals surface area contributed by atoms with Crippen molar-refractivity contribution in [1.82, 2.24) is 19.6 Å². The smallest absolute Gasteiger partial charge is 0.225 e. The highest BCUT2D eigenvalue weighted by atomic mass is 19.1. The van der Waals surface area contributed by atoms with Gasteiger partial charge in [-0.15, -0.1) is 0 Å². The van der Waals surface area contributed by atoms with E-state index in [2.05, 4.69) is 5.10 Å². The number of amides is 1. The molecule has 1 unspecified atom stereocenters. The second-order valence-corrected chi connectivity index (χ2v) is 10.7. The number of amidine groups is 1. The number of carbonyl (C=O) groups excluding carboxylic acids is 1. The summed E-state index contributed by atoms with van der Waals surface area (Å²) in [7, 11) is 1.88. The van der Waals surface area contributed by atoms with Crippen molar-refractivity contribution in [2.24, 2.45) is 23.9 Å². The first-order valence-electron chi connectivity index (χ1n) is 12.5. The van der Waals surface area contributed by atoms with Gasteiger partial charge in [-0.05, 0) is 55.0 Å². The van der Waals surface area contributed by atoms with Crippen LogP contribution in [0.25, 0.3) is 22.0 Å². The fourth-order valence-corrected chi connectivity index (χ4v) is 5.57. The number of aliphatic imine (C=N–C) groups is 1. The Hall–Kier alpha value is -3.26. The monoisotopic (exact) mass is 473 g/mol. The lowest BCUT2D eigenvalue weighted by Crippen LogP contribution is -2.56. The number of hydrogen-bond donors (Lipinski definition) is 1. The lowest BCUT2D eigenvalue weighted by Gasteiger charge is -2.42. The predicted molar refractivity (Wildman–Crippen MR) is 130 cm³/mol. The van der Waals surface area contributed by atoms with Crippen molar-refractivity contribution in [3.63, 3.8) is 0 Å². The zero-order valence-electron chi connectivity index (χ0n) is 19.7. The summed E-state index contributed by atoms with van der Waals surface area (Å²) in [4.78, 5) is 20.9. The fourth-order valence-electron chi connectivity index (χ4n) is 5.57. The minimum atomic E-state index is -0.740. The van der Waals surface area contributed by atoms with Crippen molar-refractivity contribution in [2.45, 2.75) is 37.5 Å². The molecule has 1 aromatic heterocycles. The second-order valence-electron chi connectivity index (χ2n) is 10.7. The maximum Gasteiger partial charge on any atom is 0.225 e. The number of nitrogens with zero attached hydrogens (tertiary/aromatic N) is 5. The van der Waals surface area contributed by atoms with Gasteiger partial charge in [0.1, 0.15) is 17.2 Å². The molecule has 1 spiro atoms. The summed E-state index contributed by atoms with van der Waals surface area (Å²) in [6, 6.07) is 11.2. The van der Waals surface area contributed by atoms with Crippen LogP contribution in [0.15, 0.2) is 47.6 Å². The predicted octanol–water partition coefficient (Wildman–Crippen LogP) is 3.16. The molecule has 2 aliphatic carbocycles. The van der Waals surface area contributed by atoms with Gasteiger partial charge >= 0.3 is 0 Å². The second kappa shape index (κ2) is 7.37.